The van der Waals surface area contributed by atoms with Crippen molar-refractivity contribution in [3.05, 3.63) is 36.5 Å². The highest BCUT2D eigenvalue weighted by atomic mass is 31.2. The number of ketones is 1. The fourth-order valence-corrected chi connectivity index (χ4v) is 8.48. The minimum Gasteiger partial charge on any atom is -0.462 e. The lowest BCUT2D eigenvalue weighted by molar-refractivity contribution is -0.216. The summed E-state index contributed by atoms with van der Waals surface area (Å²) in [6.45, 7) is 2.94. The minimum atomic E-state index is -5.38. The van der Waals surface area contributed by atoms with Gasteiger partial charge in [0, 0.05) is 19.3 Å². The number of phosphoric acid groups is 2. The Morgan fingerprint density at radius 3 is 1.58 bits per heavy atom. The molecule has 19 heteroatoms. The molecular weight excluding hydrogens is 874 g/mol. The second-order valence-electron chi connectivity index (χ2n) is 16.5. The number of unbranched alkanes of at least 4 members (excludes halogenated alkanes) is 18. The number of carbonyl (C=O) groups is 3. The Morgan fingerprint density at radius 1 is 0.531 bits per heavy atom. The molecule has 1 rings (SSSR count). The fourth-order valence-electron chi connectivity index (χ4n) is 6.94. The predicted molar refractivity (Wildman–Crippen MR) is 242 cm³/mol. The number of ether oxygens (including phenoxy) is 2. The van der Waals surface area contributed by atoms with E-state index in [4.69, 9.17) is 28.3 Å². The van der Waals surface area contributed by atoms with E-state index < -0.39 is 83.5 Å². The molecule has 372 valence electrons. The molecule has 0 aromatic rings. The molecule has 1 aliphatic rings. The summed E-state index contributed by atoms with van der Waals surface area (Å²) in [5.74, 6) is -1.26. The van der Waals surface area contributed by atoms with Crippen LogP contribution >= 0.6 is 15.6 Å². The number of hydrogen-bond donors (Lipinski definition) is 7. The third-order valence-corrected chi connectivity index (χ3v) is 12.2. The van der Waals surface area contributed by atoms with Gasteiger partial charge < -0.3 is 44.6 Å². The van der Waals surface area contributed by atoms with E-state index in [0.717, 1.165) is 83.5 Å². The molecule has 1 fully saturated rings. The highest BCUT2D eigenvalue weighted by Gasteiger charge is 2.54. The van der Waals surface area contributed by atoms with Crippen molar-refractivity contribution < 1.29 is 81.7 Å². The van der Waals surface area contributed by atoms with E-state index in [-0.39, 0.29) is 18.6 Å². The zero-order valence-electron chi connectivity index (χ0n) is 38.2. The first-order valence-corrected chi connectivity index (χ1v) is 26.5. The topological polar surface area (TPSA) is 273 Å². The molecule has 64 heavy (non-hydrogen) atoms. The maximum absolute atomic E-state index is 13.0. The van der Waals surface area contributed by atoms with Gasteiger partial charge in [-0.05, 0) is 63.9 Å². The Bertz CT molecular complexity index is 1450. The van der Waals surface area contributed by atoms with E-state index in [1.807, 2.05) is 6.08 Å². The number of rotatable bonds is 39. The van der Waals surface area contributed by atoms with Crippen molar-refractivity contribution in [2.75, 3.05) is 13.2 Å². The van der Waals surface area contributed by atoms with Crippen LogP contribution in [-0.4, -0.2) is 109 Å². The molecule has 0 aromatic heterocycles. The summed E-state index contributed by atoms with van der Waals surface area (Å²) in [7, 11) is -10.7. The summed E-state index contributed by atoms with van der Waals surface area (Å²) < 4.78 is 49.2. The lowest BCUT2D eigenvalue weighted by atomic mass is 9.85. The van der Waals surface area contributed by atoms with E-state index in [2.05, 4.69) is 36.6 Å². The summed E-state index contributed by atoms with van der Waals surface area (Å²) in [4.78, 5) is 66.3. The molecule has 0 heterocycles. The van der Waals surface area contributed by atoms with E-state index in [1.165, 1.54) is 32.1 Å². The monoisotopic (exact) mass is 954 g/mol. The van der Waals surface area contributed by atoms with Gasteiger partial charge in [-0.15, -0.1) is 0 Å². The van der Waals surface area contributed by atoms with Crippen LogP contribution in [0.15, 0.2) is 36.5 Å². The van der Waals surface area contributed by atoms with Crippen LogP contribution in [-0.2, 0) is 46.6 Å². The lowest BCUT2D eigenvalue weighted by Gasteiger charge is -2.43. The molecule has 0 bridgehead atoms. The Morgan fingerprint density at radius 2 is 1.00 bits per heavy atom. The molecule has 1 saturated carbocycles. The van der Waals surface area contributed by atoms with Crippen LogP contribution in [0.2, 0.25) is 0 Å². The Kier molecular flexibility index (Phi) is 33.7. The Hall–Kier alpha value is -2.11. The predicted octanol–water partition coefficient (Wildman–Crippen LogP) is 7.91. The maximum Gasteiger partial charge on any atom is 0.472 e. The molecule has 7 N–H and O–H groups in total. The highest BCUT2D eigenvalue weighted by Crippen LogP contribution is 2.49. The number of hydrogen-bond acceptors (Lipinski definition) is 14. The molecule has 17 nitrogen and oxygen atoms in total. The number of aliphatic hydroxyl groups excluding tert-OH is 4. The average molecular weight is 955 g/mol. The van der Waals surface area contributed by atoms with Gasteiger partial charge in [0.1, 0.15) is 43.2 Å². The molecular formula is C45H80O17P2. The van der Waals surface area contributed by atoms with Gasteiger partial charge in [-0.1, -0.05) is 128 Å². The van der Waals surface area contributed by atoms with Crippen molar-refractivity contribution in [3.63, 3.8) is 0 Å². The van der Waals surface area contributed by atoms with Crippen LogP contribution in [0.5, 0.6) is 0 Å². The third-order valence-electron chi connectivity index (χ3n) is 10.7. The third kappa shape index (κ3) is 30.2. The highest BCUT2D eigenvalue weighted by molar-refractivity contribution is 7.47. The zero-order valence-corrected chi connectivity index (χ0v) is 40.0. The molecule has 8 atom stereocenters. The molecule has 0 radical (unpaired) electrons. The summed E-state index contributed by atoms with van der Waals surface area (Å²) in [5.41, 5.74) is 0. The van der Waals surface area contributed by atoms with E-state index in [0.29, 0.717) is 32.1 Å². The average Bonchev–Trinajstić information content (AvgIpc) is 3.24. The molecule has 0 spiro atoms. The first-order chi connectivity index (χ1) is 30.5. The quantitative estimate of drug-likeness (QED) is 0.00770. The van der Waals surface area contributed by atoms with Crippen molar-refractivity contribution in [3.8, 4) is 0 Å². The number of esters is 2. The van der Waals surface area contributed by atoms with Gasteiger partial charge in [0.2, 0.25) is 0 Å². The minimum absolute atomic E-state index is 0.0402. The maximum atomic E-state index is 13.0. The second kappa shape index (κ2) is 36.0. The Balaban J connectivity index is 2.64. The van der Waals surface area contributed by atoms with Crippen LogP contribution in [0.25, 0.3) is 0 Å². The van der Waals surface area contributed by atoms with Gasteiger partial charge in [0.15, 0.2) is 11.9 Å². The van der Waals surface area contributed by atoms with Gasteiger partial charge in [-0.3, -0.25) is 28.0 Å². The first kappa shape index (κ1) is 59.9. The van der Waals surface area contributed by atoms with Gasteiger partial charge in [0.05, 0.1) is 6.61 Å². The zero-order chi connectivity index (χ0) is 47.6. The molecule has 5 unspecified atom stereocenters. The van der Waals surface area contributed by atoms with E-state index >= 15 is 0 Å². The number of phosphoric ester groups is 2. The molecule has 0 amide bonds. The van der Waals surface area contributed by atoms with Gasteiger partial charge in [-0.2, -0.15) is 0 Å². The molecule has 0 aliphatic heterocycles. The largest absolute Gasteiger partial charge is 0.472 e. The standard InChI is InChI=1S/C45H80O17P2/c1-3-5-7-9-11-12-13-14-15-16-17-18-20-24-28-32-38(47)58-34-37(60-39(48)33-29-25-21-23-27-31-36(46)30-26-22-19-10-8-6-4-2)35-59-64(56,57)62-45-42(51)40(49)41(50)44(43(45)52)61-63(53,54)55/h12-13,19,22,26,30,37,40-45,49-52H,3-11,14-18,20-21,23-25,27-29,31-35H2,1-2H3,(H,56,57)(H2,53,54,55)/b13-12-,22-19-,30-26+/t37-,40?,41?,42?,43?,44-,45+/m1/s1. The van der Waals surface area contributed by atoms with Crippen molar-refractivity contribution in [2.24, 2.45) is 0 Å². The summed E-state index contributed by atoms with van der Waals surface area (Å²) in [5, 5.41) is 41.2. The smallest absolute Gasteiger partial charge is 0.462 e. The summed E-state index contributed by atoms with van der Waals surface area (Å²) in [6.07, 6.45) is 19.2. The van der Waals surface area contributed by atoms with Crippen LogP contribution < -0.4 is 0 Å². The lowest BCUT2D eigenvalue weighted by Crippen LogP contribution is -2.64. The van der Waals surface area contributed by atoms with Crippen molar-refractivity contribution >= 4 is 33.4 Å². The Labute approximate surface area is 380 Å². The van der Waals surface area contributed by atoms with Gasteiger partial charge >= 0.3 is 27.6 Å². The van der Waals surface area contributed by atoms with Crippen LogP contribution in [0.1, 0.15) is 174 Å². The van der Waals surface area contributed by atoms with Crippen molar-refractivity contribution in [2.45, 2.75) is 217 Å². The number of allylic oxidation sites excluding steroid dienone is 6. The normalized spacial score (nSPS) is 22.0. The van der Waals surface area contributed by atoms with Crippen LogP contribution in [0.4, 0.5) is 0 Å². The van der Waals surface area contributed by atoms with E-state index in [1.54, 1.807) is 12.2 Å². The van der Waals surface area contributed by atoms with Crippen molar-refractivity contribution in [1.29, 1.82) is 0 Å². The first-order valence-electron chi connectivity index (χ1n) is 23.5. The van der Waals surface area contributed by atoms with Crippen molar-refractivity contribution in [1.82, 2.24) is 0 Å². The van der Waals surface area contributed by atoms with Gasteiger partial charge in [-0.25, -0.2) is 9.13 Å². The van der Waals surface area contributed by atoms with Crippen LogP contribution in [0.3, 0.4) is 0 Å². The fraction of sp³-hybridized carbons (Fsp3) is 0.800. The van der Waals surface area contributed by atoms with Crippen LogP contribution in [0, 0.1) is 0 Å². The number of aliphatic hydroxyl groups is 4. The summed E-state index contributed by atoms with van der Waals surface area (Å²) in [6, 6.07) is 0. The molecule has 1 aliphatic carbocycles. The molecule has 0 aromatic carbocycles. The SMILES string of the molecule is CCCCC/C=C\C=C\C(=O)CCCCCCCC(=O)O[C@H](COC(=O)CCCCCCCCC/C=C\CCCCCC)COP(=O)(O)O[C@H]1C(O)C(O)C(O)[C@@H](OP(=O)(O)O)C1O. The van der Waals surface area contributed by atoms with E-state index in [9.17, 15) is 48.8 Å². The molecule has 0 saturated heterocycles. The summed E-state index contributed by atoms with van der Waals surface area (Å²) >= 11 is 0. The number of carbonyl (C=O) groups excluding carboxylic acids is 3. The second-order valence-corrected chi connectivity index (χ2v) is 19.1. The van der Waals surface area contributed by atoms with Gasteiger partial charge in [0.25, 0.3) is 0 Å².